The van der Waals surface area contributed by atoms with Crippen LogP contribution in [0.4, 0.5) is 5.69 Å². The molecule has 0 N–H and O–H groups in total. The van der Waals surface area contributed by atoms with Crippen molar-refractivity contribution < 1.29 is 13.2 Å². The number of fused-ring (bicyclic) bond motifs is 1. The fourth-order valence-electron chi connectivity index (χ4n) is 4.42. The van der Waals surface area contributed by atoms with Gasteiger partial charge in [-0.25, -0.2) is 8.42 Å². The van der Waals surface area contributed by atoms with Crippen LogP contribution in [0.2, 0.25) is 0 Å². The molecule has 1 aliphatic rings. The number of hydrogen-bond acceptors (Lipinski definition) is 5. The summed E-state index contributed by atoms with van der Waals surface area (Å²) in [6.07, 6.45) is 3.69. The van der Waals surface area contributed by atoms with E-state index in [-0.39, 0.29) is 16.7 Å². The van der Waals surface area contributed by atoms with Crippen molar-refractivity contribution in [2.24, 2.45) is 0 Å². The van der Waals surface area contributed by atoms with Crippen molar-refractivity contribution in [2.75, 3.05) is 24.4 Å². The van der Waals surface area contributed by atoms with Gasteiger partial charge in [-0.1, -0.05) is 30.3 Å². The van der Waals surface area contributed by atoms with Gasteiger partial charge < -0.3 is 4.90 Å². The van der Waals surface area contributed by atoms with Gasteiger partial charge in [-0.2, -0.15) is 0 Å². The summed E-state index contributed by atoms with van der Waals surface area (Å²) in [6, 6.07) is 20.9. The van der Waals surface area contributed by atoms with Crippen molar-refractivity contribution in [3.05, 3.63) is 90.4 Å². The van der Waals surface area contributed by atoms with Crippen LogP contribution < -0.4 is 4.31 Å². The van der Waals surface area contributed by atoms with E-state index < -0.39 is 10.0 Å². The summed E-state index contributed by atoms with van der Waals surface area (Å²) in [5.41, 5.74) is 1.69. The van der Waals surface area contributed by atoms with E-state index in [1.165, 1.54) is 23.5 Å². The van der Waals surface area contributed by atoms with Crippen LogP contribution in [-0.2, 0) is 10.0 Å². The smallest absolute Gasteiger partial charge is 0.264 e. The van der Waals surface area contributed by atoms with Crippen molar-refractivity contribution in [2.45, 2.75) is 23.7 Å². The Hall–Kier alpha value is -3.72. The van der Waals surface area contributed by atoms with Gasteiger partial charge in [-0.3, -0.25) is 13.5 Å². The Labute approximate surface area is 198 Å². The Morgan fingerprint density at radius 1 is 1.00 bits per heavy atom. The second kappa shape index (κ2) is 8.90. The zero-order valence-corrected chi connectivity index (χ0v) is 19.6. The third kappa shape index (κ3) is 4.03. The minimum atomic E-state index is -3.81. The van der Waals surface area contributed by atoms with Crippen LogP contribution in [0, 0.1) is 0 Å². The molecular formula is C25H25N5O3S. The zero-order chi connectivity index (χ0) is 23.7. The summed E-state index contributed by atoms with van der Waals surface area (Å²) in [7, 11) is -2.30. The summed E-state index contributed by atoms with van der Waals surface area (Å²) < 4.78 is 29.6. The van der Waals surface area contributed by atoms with Gasteiger partial charge >= 0.3 is 0 Å². The van der Waals surface area contributed by atoms with E-state index in [1.54, 1.807) is 41.3 Å². The molecule has 5 rings (SSSR count). The maximum absolute atomic E-state index is 13.4. The predicted molar refractivity (Wildman–Crippen MR) is 129 cm³/mol. The molecule has 9 heteroatoms. The van der Waals surface area contributed by atoms with E-state index in [4.69, 9.17) is 0 Å². The average Bonchev–Trinajstić information content (AvgIpc) is 3.33. The van der Waals surface area contributed by atoms with Gasteiger partial charge in [0.15, 0.2) is 5.65 Å². The molecule has 0 bridgehead atoms. The van der Waals surface area contributed by atoms with Gasteiger partial charge in [0, 0.05) is 37.8 Å². The minimum Gasteiger partial charge on any atom is -0.338 e. The van der Waals surface area contributed by atoms with Crippen molar-refractivity contribution in [1.82, 2.24) is 19.5 Å². The number of anilines is 1. The number of rotatable bonds is 5. The summed E-state index contributed by atoms with van der Waals surface area (Å²) in [5.74, 6) is 0.720. The highest BCUT2D eigenvalue weighted by molar-refractivity contribution is 7.92. The first-order valence-corrected chi connectivity index (χ1v) is 12.6. The standard InChI is InChI=1S/C25H25N5O3S/c1-28(21-11-3-2-4-12-21)34(32,33)22-13-7-9-19(17-22)25(31)29-15-8-10-20(18-29)24-27-26-23-14-5-6-16-30(23)24/h2-7,9,11-14,16-17,20H,8,10,15,18H2,1H3. The maximum Gasteiger partial charge on any atom is 0.264 e. The summed E-state index contributed by atoms with van der Waals surface area (Å²) in [5, 5.41) is 8.61. The van der Waals surface area contributed by atoms with Crippen LogP contribution in [0.1, 0.15) is 34.9 Å². The van der Waals surface area contributed by atoms with Crippen LogP contribution in [0.15, 0.2) is 83.9 Å². The molecule has 34 heavy (non-hydrogen) atoms. The van der Waals surface area contributed by atoms with Crippen molar-refractivity contribution in [3.8, 4) is 0 Å². The number of para-hydroxylation sites is 1. The van der Waals surface area contributed by atoms with E-state index in [1.807, 2.05) is 34.9 Å². The summed E-state index contributed by atoms with van der Waals surface area (Å²) in [4.78, 5) is 15.2. The molecule has 2 aromatic heterocycles. The Morgan fingerprint density at radius 3 is 2.62 bits per heavy atom. The molecule has 1 aliphatic heterocycles. The molecule has 8 nitrogen and oxygen atoms in total. The van der Waals surface area contributed by atoms with Gasteiger partial charge in [-0.05, 0) is 55.3 Å². The van der Waals surface area contributed by atoms with Crippen molar-refractivity contribution in [3.63, 3.8) is 0 Å². The lowest BCUT2D eigenvalue weighted by Crippen LogP contribution is -2.39. The van der Waals surface area contributed by atoms with Crippen molar-refractivity contribution >= 4 is 27.3 Å². The second-order valence-corrected chi connectivity index (χ2v) is 10.4. The van der Waals surface area contributed by atoms with Crippen LogP contribution in [0.5, 0.6) is 0 Å². The van der Waals surface area contributed by atoms with Gasteiger partial charge in [-0.15, -0.1) is 10.2 Å². The molecule has 2 aromatic carbocycles. The van der Waals surface area contributed by atoms with Crippen LogP contribution in [0.25, 0.3) is 5.65 Å². The fourth-order valence-corrected chi connectivity index (χ4v) is 5.66. The molecule has 1 saturated heterocycles. The molecule has 0 spiro atoms. The summed E-state index contributed by atoms with van der Waals surface area (Å²) in [6.45, 7) is 1.13. The number of likely N-dealkylation sites (tertiary alicyclic amines) is 1. The van der Waals surface area contributed by atoms with Gasteiger partial charge in [0.05, 0.1) is 10.6 Å². The monoisotopic (exact) mass is 475 g/mol. The van der Waals surface area contributed by atoms with E-state index in [0.717, 1.165) is 24.3 Å². The molecule has 3 heterocycles. The molecule has 1 unspecified atom stereocenters. The summed E-state index contributed by atoms with van der Waals surface area (Å²) >= 11 is 0. The molecule has 0 radical (unpaired) electrons. The van der Waals surface area contributed by atoms with Crippen LogP contribution in [0.3, 0.4) is 0 Å². The number of pyridine rings is 1. The third-order valence-electron chi connectivity index (χ3n) is 6.27. The number of carbonyl (C=O) groups is 1. The van der Waals surface area contributed by atoms with Gasteiger partial charge in [0.2, 0.25) is 0 Å². The van der Waals surface area contributed by atoms with E-state index in [2.05, 4.69) is 10.2 Å². The number of benzene rings is 2. The molecule has 4 aromatic rings. The highest BCUT2D eigenvalue weighted by Crippen LogP contribution is 2.28. The molecular weight excluding hydrogens is 450 g/mol. The van der Waals surface area contributed by atoms with E-state index >= 15 is 0 Å². The van der Waals surface area contributed by atoms with Gasteiger partial charge in [0.25, 0.3) is 15.9 Å². The highest BCUT2D eigenvalue weighted by atomic mass is 32.2. The SMILES string of the molecule is CN(c1ccccc1)S(=O)(=O)c1cccc(C(=O)N2CCCC(c3nnc4ccccn34)C2)c1. The highest BCUT2D eigenvalue weighted by Gasteiger charge is 2.29. The lowest BCUT2D eigenvalue weighted by molar-refractivity contribution is 0.0704. The first-order chi connectivity index (χ1) is 16.4. The maximum atomic E-state index is 13.4. The van der Waals surface area contributed by atoms with Crippen LogP contribution in [-0.4, -0.2) is 54.0 Å². The Balaban J connectivity index is 1.38. The fraction of sp³-hybridized carbons (Fsp3) is 0.240. The normalized spacial score (nSPS) is 16.5. The number of nitrogens with zero attached hydrogens (tertiary/aromatic N) is 5. The quantitative estimate of drug-likeness (QED) is 0.440. The molecule has 1 fully saturated rings. The Morgan fingerprint density at radius 2 is 1.79 bits per heavy atom. The Bertz CT molecular complexity index is 1440. The van der Waals surface area contributed by atoms with Gasteiger partial charge in [0.1, 0.15) is 5.82 Å². The number of carbonyl (C=O) groups excluding carboxylic acids is 1. The lowest BCUT2D eigenvalue weighted by atomic mass is 9.96. The number of sulfonamides is 1. The molecule has 0 aliphatic carbocycles. The number of amides is 1. The van der Waals surface area contributed by atoms with E-state index in [9.17, 15) is 13.2 Å². The largest absolute Gasteiger partial charge is 0.338 e. The average molecular weight is 476 g/mol. The van der Waals surface area contributed by atoms with E-state index in [0.29, 0.717) is 24.3 Å². The molecule has 174 valence electrons. The minimum absolute atomic E-state index is 0.0613. The third-order valence-corrected chi connectivity index (χ3v) is 8.05. The molecule has 1 atom stereocenters. The number of aromatic nitrogens is 3. The first-order valence-electron chi connectivity index (χ1n) is 11.2. The Kier molecular flexibility index (Phi) is 5.79. The predicted octanol–water partition coefficient (Wildman–Crippen LogP) is 3.57. The first kappa shape index (κ1) is 22.1. The van der Waals surface area contributed by atoms with Crippen LogP contribution >= 0.6 is 0 Å². The molecule has 1 amide bonds. The zero-order valence-electron chi connectivity index (χ0n) is 18.8. The molecule has 0 saturated carbocycles. The number of hydrogen-bond donors (Lipinski definition) is 0. The second-order valence-electron chi connectivity index (χ2n) is 8.41. The number of piperidine rings is 1. The van der Waals surface area contributed by atoms with Crippen molar-refractivity contribution in [1.29, 1.82) is 0 Å². The topological polar surface area (TPSA) is 87.9 Å². The lowest BCUT2D eigenvalue weighted by Gasteiger charge is -2.32.